The molecular formula is C14H18N2O3. The van der Waals surface area contributed by atoms with Crippen molar-refractivity contribution < 1.29 is 14.7 Å². The van der Waals surface area contributed by atoms with Crippen LogP contribution in [0.1, 0.15) is 30.9 Å². The van der Waals surface area contributed by atoms with E-state index in [0.717, 1.165) is 12.0 Å². The highest BCUT2D eigenvalue weighted by molar-refractivity contribution is 5.84. The third-order valence-electron chi connectivity index (χ3n) is 3.60. The van der Waals surface area contributed by atoms with Crippen LogP contribution >= 0.6 is 0 Å². The number of aliphatic carboxylic acids is 1. The number of nitrogens with two attached hydrogens (primary N) is 1. The number of carboxylic acids is 1. The summed E-state index contributed by atoms with van der Waals surface area (Å²) < 4.78 is 0. The molecular weight excluding hydrogens is 244 g/mol. The molecule has 19 heavy (non-hydrogen) atoms. The minimum absolute atomic E-state index is 0.306. The molecule has 1 aromatic rings. The van der Waals surface area contributed by atoms with Gasteiger partial charge in [-0.2, -0.15) is 0 Å². The van der Waals surface area contributed by atoms with Gasteiger partial charge in [0.1, 0.15) is 6.04 Å². The highest BCUT2D eigenvalue weighted by Crippen LogP contribution is 2.26. The van der Waals surface area contributed by atoms with Crippen molar-refractivity contribution in [1.29, 1.82) is 0 Å². The summed E-state index contributed by atoms with van der Waals surface area (Å²) in [6.07, 6.45) is 2.13. The smallest absolute Gasteiger partial charge is 0.308 e. The van der Waals surface area contributed by atoms with Gasteiger partial charge in [0.25, 0.3) is 0 Å². The lowest BCUT2D eigenvalue weighted by Gasteiger charge is -2.20. The van der Waals surface area contributed by atoms with Crippen LogP contribution in [0.2, 0.25) is 0 Å². The van der Waals surface area contributed by atoms with Crippen molar-refractivity contribution in [3.63, 3.8) is 0 Å². The Morgan fingerprint density at radius 3 is 2.58 bits per heavy atom. The summed E-state index contributed by atoms with van der Waals surface area (Å²) in [5, 5.41) is 11.8. The van der Waals surface area contributed by atoms with Crippen LogP contribution < -0.4 is 11.1 Å². The lowest BCUT2D eigenvalue weighted by Crippen LogP contribution is -2.44. The number of carbonyl (C=O) groups is 2. The third kappa shape index (κ3) is 3.12. The van der Waals surface area contributed by atoms with Crippen molar-refractivity contribution in [2.24, 2.45) is 11.7 Å². The molecule has 4 N–H and O–H groups in total. The van der Waals surface area contributed by atoms with E-state index in [4.69, 9.17) is 10.8 Å². The highest BCUT2D eigenvalue weighted by atomic mass is 16.4. The van der Waals surface area contributed by atoms with Gasteiger partial charge in [-0.05, 0) is 18.4 Å². The van der Waals surface area contributed by atoms with Crippen LogP contribution in [-0.2, 0) is 9.59 Å². The predicted molar refractivity (Wildman–Crippen MR) is 70.3 cm³/mol. The van der Waals surface area contributed by atoms with Crippen LogP contribution in [0.15, 0.2) is 30.3 Å². The van der Waals surface area contributed by atoms with E-state index in [-0.39, 0.29) is 11.9 Å². The zero-order valence-electron chi connectivity index (χ0n) is 10.6. The number of amides is 1. The van der Waals surface area contributed by atoms with Crippen molar-refractivity contribution in [2.75, 3.05) is 0 Å². The first-order valence-corrected chi connectivity index (χ1v) is 6.43. The van der Waals surface area contributed by atoms with Gasteiger partial charge in [0, 0.05) is 6.04 Å². The van der Waals surface area contributed by atoms with Crippen molar-refractivity contribution in [3.8, 4) is 0 Å². The summed E-state index contributed by atoms with van der Waals surface area (Å²) >= 11 is 0. The van der Waals surface area contributed by atoms with E-state index in [1.807, 2.05) is 18.2 Å². The summed E-state index contributed by atoms with van der Waals surface area (Å²) in [5.41, 5.74) is 6.61. The van der Waals surface area contributed by atoms with E-state index in [9.17, 15) is 9.59 Å². The van der Waals surface area contributed by atoms with Crippen molar-refractivity contribution in [3.05, 3.63) is 35.9 Å². The highest BCUT2D eigenvalue weighted by Gasteiger charge is 2.34. The van der Waals surface area contributed by atoms with Gasteiger partial charge >= 0.3 is 5.97 Å². The molecule has 102 valence electrons. The Hall–Kier alpha value is -1.88. The average Bonchev–Trinajstić information content (AvgIpc) is 2.87. The molecule has 5 heteroatoms. The summed E-state index contributed by atoms with van der Waals surface area (Å²) in [6, 6.07) is 8.00. The fourth-order valence-electron chi connectivity index (χ4n) is 2.51. The second-order valence-corrected chi connectivity index (χ2v) is 4.88. The number of hydrogen-bond donors (Lipinski definition) is 3. The van der Waals surface area contributed by atoms with E-state index in [1.54, 1.807) is 12.1 Å². The van der Waals surface area contributed by atoms with Crippen LogP contribution in [0.5, 0.6) is 0 Å². The molecule has 5 nitrogen and oxygen atoms in total. The van der Waals surface area contributed by atoms with Crippen LogP contribution in [0, 0.1) is 5.92 Å². The molecule has 1 aromatic carbocycles. The Bertz CT molecular complexity index is 461. The van der Waals surface area contributed by atoms with Gasteiger partial charge in [-0.15, -0.1) is 0 Å². The maximum Gasteiger partial charge on any atom is 0.308 e. The van der Waals surface area contributed by atoms with Crippen molar-refractivity contribution in [2.45, 2.75) is 31.3 Å². The van der Waals surface area contributed by atoms with Gasteiger partial charge in [0.15, 0.2) is 0 Å². The molecule has 3 atom stereocenters. The lowest BCUT2D eigenvalue weighted by molar-refractivity contribution is -0.142. The molecule has 2 rings (SSSR count). The Labute approximate surface area is 111 Å². The molecule has 0 aliphatic heterocycles. The molecule has 0 aromatic heterocycles. The Balaban J connectivity index is 1.99. The van der Waals surface area contributed by atoms with Gasteiger partial charge < -0.3 is 16.2 Å². The molecule has 0 bridgehead atoms. The first-order valence-electron chi connectivity index (χ1n) is 6.43. The van der Waals surface area contributed by atoms with Gasteiger partial charge in [0.05, 0.1) is 5.92 Å². The largest absolute Gasteiger partial charge is 0.481 e. The first kappa shape index (κ1) is 13.5. The quantitative estimate of drug-likeness (QED) is 0.756. The zero-order valence-corrected chi connectivity index (χ0v) is 10.6. The fraction of sp³-hybridized carbons (Fsp3) is 0.429. The Morgan fingerprint density at radius 1 is 1.26 bits per heavy atom. The molecule has 0 spiro atoms. The van der Waals surface area contributed by atoms with E-state index >= 15 is 0 Å². The lowest BCUT2D eigenvalue weighted by atomic mass is 10.0. The molecule has 2 unspecified atom stereocenters. The number of carbonyl (C=O) groups excluding carboxylic acids is 1. The number of nitrogens with one attached hydrogen (secondary N) is 1. The molecule has 1 aliphatic rings. The zero-order chi connectivity index (χ0) is 13.8. The molecule has 0 saturated heterocycles. The summed E-state index contributed by atoms with van der Waals surface area (Å²) in [4.78, 5) is 23.1. The minimum Gasteiger partial charge on any atom is -0.481 e. The number of carboxylic acid groups (broad SMARTS) is 1. The molecule has 1 fully saturated rings. The van der Waals surface area contributed by atoms with Gasteiger partial charge in [-0.1, -0.05) is 36.8 Å². The number of benzene rings is 1. The molecule has 0 heterocycles. The van der Waals surface area contributed by atoms with Crippen LogP contribution in [0.25, 0.3) is 0 Å². The van der Waals surface area contributed by atoms with Crippen LogP contribution in [-0.4, -0.2) is 23.0 Å². The van der Waals surface area contributed by atoms with Gasteiger partial charge in [-0.3, -0.25) is 9.59 Å². The van der Waals surface area contributed by atoms with E-state index < -0.39 is 17.9 Å². The van der Waals surface area contributed by atoms with Crippen LogP contribution in [0.3, 0.4) is 0 Å². The van der Waals surface area contributed by atoms with Crippen molar-refractivity contribution in [1.82, 2.24) is 5.32 Å². The second-order valence-electron chi connectivity index (χ2n) is 4.88. The maximum absolute atomic E-state index is 12.0. The standard InChI is InChI=1S/C14H18N2O3/c15-12(9-5-2-1-3-6-9)13(17)16-11-8-4-7-10(11)14(18)19/h1-3,5-6,10-12H,4,7-8,15H2,(H,16,17)(H,18,19)/t10?,11?,12-/m0/s1. The van der Waals surface area contributed by atoms with Gasteiger partial charge in [0.2, 0.25) is 5.91 Å². The second kappa shape index (κ2) is 5.84. The first-order chi connectivity index (χ1) is 9.09. The summed E-state index contributed by atoms with van der Waals surface area (Å²) in [6.45, 7) is 0. The van der Waals surface area contributed by atoms with Crippen LogP contribution in [0.4, 0.5) is 0 Å². The SMILES string of the molecule is N[C@H](C(=O)NC1CCCC1C(=O)O)c1ccccc1. The number of rotatable bonds is 4. The maximum atomic E-state index is 12.0. The number of hydrogen-bond acceptors (Lipinski definition) is 3. The average molecular weight is 262 g/mol. The van der Waals surface area contributed by atoms with E-state index in [0.29, 0.717) is 12.8 Å². The summed E-state index contributed by atoms with van der Waals surface area (Å²) in [7, 11) is 0. The normalized spacial score (nSPS) is 23.8. The predicted octanol–water partition coefficient (Wildman–Crippen LogP) is 1.06. The monoisotopic (exact) mass is 262 g/mol. The molecule has 1 amide bonds. The van der Waals surface area contributed by atoms with Crippen molar-refractivity contribution >= 4 is 11.9 Å². The van der Waals surface area contributed by atoms with E-state index in [1.165, 1.54) is 0 Å². The Morgan fingerprint density at radius 2 is 1.95 bits per heavy atom. The molecule has 0 radical (unpaired) electrons. The topological polar surface area (TPSA) is 92.4 Å². The Kier molecular flexibility index (Phi) is 4.16. The molecule has 1 saturated carbocycles. The summed E-state index contributed by atoms with van der Waals surface area (Å²) in [5.74, 6) is -1.66. The fourth-order valence-corrected chi connectivity index (χ4v) is 2.51. The van der Waals surface area contributed by atoms with E-state index in [2.05, 4.69) is 5.32 Å². The molecule has 1 aliphatic carbocycles. The minimum atomic E-state index is -0.851. The third-order valence-corrected chi connectivity index (χ3v) is 3.60. The van der Waals surface area contributed by atoms with Gasteiger partial charge in [-0.25, -0.2) is 0 Å².